The van der Waals surface area contributed by atoms with Gasteiger partial charge < -0.3 is 0 Å². The Kier molecular flexibility index (Phi) is 5.17. The maximum absolute atomic E-state index is 13.5. The lowest BCUT2D eigenvalue weighted by Gasteiger charge is -2.05. The SMILES string of the molecule is C=CCN=c1scc(-c2cccs2)n1N=C(C)c1cccc(F)c1. The Bertz CT molecular complexity index is 933. The lowest BCUT2D eigenvalue weighted by Crippen LogP contribution is -2.14. The number of hydrogen-bond donors (Lipinski definition) is 0. The maximum Gasteiger partial charge on any atom is 0.206 e. The minimum Gasteiger partial charge on any atom is -0.253 e. The zero-order chi connectivity index (χ0) is 16.9. The fourth-order valence-electron chi connectivity index (χ4n) is 2.16. The number of benzene rings is 1. The monoisotopic (exact) mass is 357 g/mol. The minimum absolute atomic E-state index is 0.271. The molecule has 6 heteroatoms. The molecule has 3 nitrogen and oxygen atoms in total. The Labute approximate surface area is 147 Å². The van der Waals surface area contributed by atoms with Crippen molar-refractivity contribution in [2.45, 2.75) is 6.92 Å². The molecule has 3 rings (SSSR count). The van der Waals surface area contributed by atoms with E-state index in [1.54, 1.807) is 23.5 Å². The van der Waals surface area contributed by atoms with Gasteiger partial charge in [-0.3, -0.25) is 4.99 Å². The molecule has 0 aliphatic carbocycles. The summed E-state index contributed by atoms with van der Waals surface area (Å²) in [7, 11) is 0. The van der Waals surface area contributed by atoms with E-state index in [2.05, 4.69) is 11.6 Å². The number of halogens is 1. The Morgan fingerprint density at radius 3 is 2.88 bits per heavy atom. The lowest BCUT2D eigenvalue weighted by atomic mass is 10.1. The zero-order valence-electron chi connectivity index (χ0n) is 13.1. The van der Waals surface area contributed by atoms with E-state index in [0.717, 1.165) is 26.6 Å². The van der Waals surface area contributed by atoms with Crippen molar-refractivity contribution < 1.29 is 4.39 Å². The summed E-state index contributed by atoms with van der Waals surface area (Å²) in [5.41, 5.74) is 2.46. The van der Waals surface area contributed by atoms with Gasteiger partial charge in [-0.15, -0.1) is 29.3 Å². The summed E-state index contributed by atoms with van der Waals surface area (Å²) in [4.78, 5) is 6.41. The van der Waals surface area contributed by atoms with Crippen LogP contribution in [0.1, 0.15) is 12.5 Å². The van der Waals surface area contributed by atoms with Gasteiger partial charge in [-0.2, -0.15) is 5.10 Å². The van der Waals surface area contributed by atoms with Crippen molar-refractivity contribution in [2.75, 3.05) is 6.54 Å². The second kappa shape index (κ2) is 7.51. The molecular formula is C18H16FN3S2. The third-order valence-electron chi connectivity index (χ3n) is 3.31. The molecule has 0 N–H and O–H groups in total. The van der Waals surface area contributed by atoms with Crippen LogP contribution in [0.5, 0.6) is 0 Å². The molecule has 0 amide bonds. The van der Waals surface area contributed by atoms with Crippen LogP contribution in [0.15, 0.2) is 69.9 Å². The summed E-state index contributed by atoms with van der Waals surface area (Å²) in [6, 6.07) is 10.5. The molecule has 0 fully saturated rings. The van der Waals surface area contributed by atoms with Crippen molar-refractivity contribution >= 4 is 28.4 Å². The topological polar surface area (TPSA) is 29.6 Å². The number of thiophene rings is 1. The van der Waals surface area contributed by atoms with Gasteiger partial charge in [0.05, 0.1) is 22.8 Å². The molecule has 0 saturated carbocycles. The van der Waals surface area contributed by atoms with E-state index < -0.39 is 0 Å². The fourth-order valence-corrected chi connectivity index (χ4v) is 3.80. The van der Waals surface area contributed by atoms with Crippen LogP contribution in [0.4, 0.5) is 4.39 Å². The van der Waals surface area contributed by atoms with Crippen molar-refractivity contribution in [3.05, 3.63) is 76.0 Å². The third-order valence-corrected chi connectivity index (χ3v) is 5.05. The van der Waals surface area contributed by atoms with E-state index in [-0.39, 0.29) is 5.82 Å². The van der Waals surface area contributed by atoms with Crippen molar-refractivity contribution in [1.29, 1.82) is 0 Å². The molecule has 0 saturated heterocycles. The van der Waals surface area contributed by atoms with Crippen LogP contribution < -0.4 is 4.80 Å². The van der Waals surface area contributed by atoms with E-state index in [4.69, 9.17) is 5.10 Å². The van der Waals surface area contributed by atoms with Gasteiger partial charge in [-0.25, -0.2) is 9.07 Å². The smallest absolute Gasteiger partial charge is 0.206 e. The summed E-state index contributed by atoms with van der Waals surface area (Å²) >= 11 is 3.18. The van der Waals surface area contributed by atoms with E-state index in [1.807, 2.05) is 40.6 Å². The Morgan fingerprint density at radius 2 is 2.17 bits per heavy atom. The minimum atomic E-state index is -0.271. The van der Waals surface area contributed by atoms with Gasteiger partial charge in [0.1, 0.15) is 5.82 Å². The molecule has 1 aromatic carbocycles. The molecular weight excluding hydrogens is 341 g/mol. The van der Waals surface area contributed by atoms with E-state index in [9.17, 15) is 4.39 Å². The van der Waals surface area contributed by atoms with Crippen LogP contribution in [0, 0.1) is 5.82 Å². The molecule has 0 unspecified atom stereocenters. The van der Waals surface area contributed by atoms with E-state index in [0.29, 0.717) is 6.54 Å². The molecule has 2 aromatic heterocycles. The fraction of sp³-hybridized carbons (Fsp3) is 0.111. The summed E-state index contributed by atoms with van der Waals surface area (Å²) < 4.78 is 15.3. The normalized spacial score (nSPS) is 12.6. The number of rotatable bonds is 5. The summed E-state index contributed by atoms with van der Waals surface area (Å²) in [5.74, 6) is -0.271. The highest BCUT2D eigenvalue weighted by atomic mass is 32.1. The second-order valence-corrected chi connectivity index (χ2v) is 6.80. The van der Waals surface area contributed by atoms with Crippen LogP contribution in [0.25, 0.3) is 10.6 Å². The highest BCUT2D eigenvalue weighted by Gasteiger charge is 2.09. The summed E-state index contributed by atoms with van der Waals surface area (Å²) in [6.07, 6.45) is 1.75. The second-order valence-electron chi connectivity index (χ2n) is 5.02. The van der Waals surface area contributed by atoms with E-state index >= 15 is 0 Å². The quantitative estimate of drug-likeness (QED) is 0.465. The average molecular weight is 357 g/mol. The molecule has 122 valence electrons. The predicted molar refractivity (Wildman–Crippen MR) is 100 cm³/mol. The van der Waals surface area contributed by atoms with Gasteiger partial charge in [0.2, 0.25) is 4.80 Å². The summed E-state index contributed by atoms with van der Waals surface area (Å²) in [5, 5.41) is 8.76. The molecule has 0 aliphatic rings. The molecule has 24 heavy (non-hydrogen) atoms. The van der Waals surface area contributed by atoms with Crippen LogP contribution in [-0.4, -0.2) is 16.9 Å². The molecule has 0 radical (unpaired) electrons. The van der Waals surface area contributed by atoms with Crippen LogP contribution in [0.3, 0.4) is 0 Å². The maximum atomic E-state index is 13.5. The van der Waals surface area contributed by atoms with Crippen molar-refractivity contribution in [2.24, 2.45) is 10.1 Å². The van der Waals surface area contributed by atoms with Crippen LogP contribution >= 0.6 is 22.7 Å². The van der Waals surface area contributed by atoms with Gasteiger partial charge in [0.25, 0.3) is 0 Å². The van der Waals surface area contributed by atoms with Gasteiger partial charge in [-0.05, 0) is 30.5 Å². The average Bonchev–Trinajstić information content (AvgIpc) is 3.22. The van der Waals surface area contributed by atoms with Crippen molar-refractivity contribution in [3.8, 4) is 10.6 Å². The van der Waals surface area contributed by atoms with Gasteiger partial charge >= 0.3 is 0 Å². The van der Waals surface area contributed by atoms with E-state index in [1.165, 1.54) is 23.5 Å². The number of hydrogen-bond acceptors (Lipinski definition) is 4. The first kappa shape index (κ1) is 16.5. The molecule has 2 heterocycles. The molecule has 3 aromatic rings. The van der Waals surface area contributed by atoms with Gasteiger partial charge in [0.15, 0.2) is 0 Å². The molecule has 0 atom stereocenters. The van der Waals surface area contributed by atoms with Crippen molar-refractivity contribution in [1.82, 2.24) is 4.68 Å². The first-order valence-corrected chi connectivity index (χ1v) is 9.12. The largest absolute Gasteiger partial charge is 0.253 e. The first-order valence-electron chi connectivity index (χ1n) is 7.36. The number of aromatic nitrogens is 1. The highest BCUT2D eigenvalue weighted by molar-refractivity contribution is 7.14. The van der Waals surface area contributed by atoms with Crippen molar-refractivity contribution in [3.63, 3.8) is 0 Å². The molecule has 0 aliphatic heterocycles. The highest BCUT2D eigenvalue weighted by Crippen LogP contribution is 2.25. The number of thiazole rings is 1. The molecule has 0 spiro atoms. The Morgan fingerprint density at radius 1 is 1.29 bits per heavy atom. The predicted octanol–water partition coefficient (Wildman–Crippen LogP) is 4.78. The van der Waals surface area contributed by atoms with Crippen LogP contribution in [-0.2, 0) is 0 Å². The Balaban J connectivity index is 2.12. The van der Waals surface area contributed by atoms with Gasteiger partial charge in [0, 0.05) is 10.9 Å². The first-order chi connectivity index (χ1) is 11.7. The van der Waals surface area contributed by atoms with Crippen LogP contribution in [0.2, 0.25) is 0 Å². The molecule has 0 bridgehead atoms. The zero-order valence-corrected chi connectivity index (χ0v) is 14.8. The third kappa shape index (κ3) is 3.60. The number of nitrogens with zero attached hydrogens (tertiary/aromatic N) is 3. The van der Waals surface area contributed by atoms with Gasteiger partial charge in [-0.1, -0.05) is 24.3 Å². The lowest BCUT2D eigenvalue weighted by molar-refractivity contribution is 0.627. The Hall–Kier alpha value is -2.31. The summed E-state index contributed by atoms with van der Waals surface area (Å²) in [6.45, 7) is 6.10. The standard InChI is InChI=1S/C18H16FN3S2/c1-3-9-20-18-22(16(12-24-18)17-8-5-10-23-17)21-13(2)14-6-4-7-15(19)11-14/h3-8,10-12H,1,9H2,2H3.